The van der Waals surface area contributed by atoms with Crippen LogP contribution in [0.1, 0.15) is 68.6 Å². The fourth-order valence-corrected chi connectivity index (χ4v) is 4.58. The van der Waals surface area contributed by atoms with E-state index in [0.717, 1.165) is 38.5 Å². The molecule has 1 aromatic rings. The number of benzene rings is 1. The standard InChI is InChI=1S/C19H30N2O3S/c1-2-3-4-7-14-20-19(22)17-10-12-18(13-11-17)25(23,24)21-15-8-5-6-9-16-21/h10-13H,2-9,14-16H2,1H3,(H,20,22). The molecule has 5 nitrogen and oxygen atoms in total. The molecule has 0 aliphatic carbocycles. The number of nitrogens with zero attached hydrogens (tertiary/aromatic N) is 1. The van der Waals surface area contributed by atoms with E-state index in [-0.39, 0.29) is 10.8 Å². The molecule has 1 saturated heterocycles. The summed E-state index contributed by atoms with van der Waals surface area (Å²) in [5, 5.41) is 2.89. The average Bonchev–Trinajstić information content (AvgIpc) is 2.91. The fourth-order valence-electron chi connectivity index (χ4n) is 3.07. The number of carbonyl (C=O) groups is 1. The van der Waals surface area contributed by atoms with Gasteiger partial charge in [-0.05, 0) is 43.5 Å². The maximum atomic E-state index is 12.7. The number of amides is 1. The fraction of sp³-hybridized carbons (Fsp3) is 0.632. The summed E-state index contributed by atoms with van der Waals surface area (Å²) in [5.74, 6) is -0.143. The molecule has 0 aromatic heterocycles. The van der Waals surface area contributed by atoms with Crippen LogP contribution in [0.4, 0.5) is 0 Å². The van der Waals surface area contributed by atoms with Crippen LogP contribution in [0, 0.1) is 0 Å². The van der Waals surface area contributed by atoms with Crippen molar-refractivity contribution in [2.24, 2.45) is 0 Å². The molecule has 1 heterocycles. The van der Waals surface area contributed by atoms with E-state index >= 15 is 0 Å². The first kappa shape index (κ1) is 19.9. The van der Waals surface area contributed by atoms with Gasteiger partial charge in [0.05, 0.1) is 4.90 Å². The van der Waals surface area contributed by atoms with Gasteiger partial charge in [-0.15, -0.1) is 0 Å². The Morgan fingerprint density at radius 2 is 1.64 bits per heavy atom. The van der Waals surface area contributed by atoms with Crippen LogP contribution in [0.5, 0.6) is 0 Å². The highest BCUT2D eigenvalue weighted by Crippen LogP contribution is 2.20. The second-order valence-corrected chi connectivity index (χ2v) is 8.60. The van der Waals surface area contributed by atoms with Crippen LogP contribution >= 0.6 is 0 Å². The van der Waals surface area contributed by atoms with Gasteiger partial charge >= 0.3 is 0 Å². The molecular formula is C19H30N2O3S. The molecule has 0 spiro atoms. The second kappa shape index (κ2) is 9.92. The molecule has 1 fully saturated rings. The summed E-state index contributed by atoms with van der Waals surface area (Å²) in [7, 11) is -3.45. The number of unbranched alkanes of at least 4 members (excludes halogenated alkanes) is 3. The van der Waals surface area contributed by atoms with Gasteiger partial charge < -0.3 is 5.32 Å². The molecule has 1 amide bonds. The first-order valence-electron chi connectivity index (χ1n) is 9.44. The highest BCUT2D eigenvalue weighted by Gasteiger charge is 2.25. The topological polar surface area (TPSA) is 66.5 Å². The molecular weight excluding hydrogens is 336 g/mol. The second-order valence-electron chi connectivity index (χ2n) is 6.66. The van der Waals surface area contributed by atoms with Crippen molar-refractivity contribution in [1.82, 2.24) is 9.62 Å². The molecule has 0 atom stereocenters. The zero-order valence-corrected chi connectivity index (χ0v) is 16.0. The van der Waals surface area contributed by atoms with Gasteiger partial charge in [0.15, 0.2) is 0 Å². The van der Waals surface area contributed by atoms with Crippen molar-refractivity contribution in [2.45, 2.75) is 63.2 Å². The highest BCUT2D eigenvalue weighted by molar-refractivity contribution is 7.89. The maximum Gasteiger partial charge on any atom is 0.251 e. The molecule has 0 bridgehead atoms. The normalized spacial score (nSPS) is 16.4. The van der Waals surface area contributed by atoms with Crippen molar-refractivity contribution in [3.63, 3.8) is 0 Å². The van der Waals surface area contributed by atoms with Gasteiger partial charge in [-0.1, -0.05) is 39.0 Å². The van der Waals surface area contributed by atoms with E-state index in [0.29, 0.717) is 25.2 Å². The van der Waals surface area contributed by atoms with Crippen molar-refractivity contribution in [3.05, 3.63) is 29.8 Å². The largest absolute Gasteiger partial charge is 0.352 e. The molecule has 6 heteroatoms. The van der Waals surface area contributed by atoms with E-state index in [4.69, 9.17) is 0 Å². The summed E-state index contributed by atoms with van der Waals surface area (Å²) in [6.07, 6.45) is 8.44. The van der Waals surface area contributed by atoms with E-state index in [9.17, 15) is 13.2 Å². The van der Waals surface area contributed by atoms with E-state index in [1.807, 2.05) is 0 Å². The Kier molecular flexibility index (Phi) is 7.90. The summed E-state index contributed by atoms with van der Waals surface area (Å²) in [6.45, 7) is 3.98. The molecule has 25 heavy (non-hydrogen) atoms. The first-order chi connectivity index (χ1) is 12.1. The SMILES string of the molecule is CCCCCCNC(=O)c1ccc(S(=O)(=O)N2CCCCCC2)cc1. The van der Waals surface area contributed by atoms with Crippen LogP contribution in [0.15, 0.2) is 29.2 Å². The van der Waals surface area contributed by atoms with Gasteiger partial charge in [-0.3, -0.25) is 4.79 Å². The van der Waals surface area contributed by atoms with Crippen molar-refractivity contribution in [1.29, 1.82) is 0 Å². The molecule has 1 aliphatic heterocycles. The minimum absolute atomic E-state index is 0.143. The molecule has 0 unspecified atom stereocenters. The van der Waals surface area contributed by atoms with Crippen molar-refractivity contribution >= 4 is 15.9 Å². The average molecular weight is 367 g/mol. The minimum Gasteiger partial charge on any atom is -0.352 e. The smallest absolute Gasteiger partial charge is 0.251 e. The molecule has 1 aliphatic rings. The molecule has 1 N–H and O–H groups in total. The Morgan fingerprint density at radius 1 is 1.00 bits per heavy atom. The number of carbonyl (C=O) groups excluding carboxylic acids is 1. The zero-order chi connectivity index (χ0) is 18.1. The van der Waals surface area contributed by atoms with Crippen molar-refractivity contribution in [3.8, 4) is 0 Å². The van der Waals surface area contributed by atoms with E-state index in [2.05, 4.69) is 12.2 Å². The van der Waals surface area contributed by atoms with Gasteiger partial charge in [0, 0.05) is 25.2 Å². The first-order valence-corrected chi connectivity index (χ1v) is 10.9. The Balaban J connectivity index is 1.95. The van der Waals surface area contributed by atoms with Gasteiger partial charge in [0.1, 0.15) is 0 Å². The van der Waals surface area contributed by atoms with Gasteiger partial charge in [0.25, 0.3) is 5.91 Å². The van der Waals surface area contributed by atoms with Gasteiger partial charge in [-0.2, -0.15) is 4.31 Å². The number of rotatable bonds is 8. The summed E-state index contributed by atoms with van der Waals surface area (Å²) in [4.78, 5) is 12.4. The Hall–Kier alpha value is -1.40. The molecule has 0 radical (unpaired) electrons. The third kappa shape index (κ3) is 5.82. The van der Waals surface area contributed by atoms with Crippen molar-refractivity contribution < 1.29 is 13.2 Å². The lowest BCUT2D eigenvalue weighted by Crippen LogP contribution is -2.32. The molecule has 140 valence electrons. The molecule has 1 aromatic carbocycles. The minimum atomic E-state index is -3.45. The number of nitrogens with one attached hydrogen (secondary N) is 1. The Bertz CT molecular complexity index is 633. The van der Waals surface area contributed by atoms with Crippen LogP contribution in [-0.2, 0) is 10.0 Å². The van der Waals surface area contributed by atoms with Crippen LogP contribution in [0.2, 0.25) is 0 Å². The van der Waals surface area contributed by atoms with Crippen LogP contribution in [0.25, 0.3) is 0 Å². The number of hydrogen-bond donors (Lipinski definition) is 1. The van der Waals surface area contributed by atoms with E-state index in [1.165, 1.54) is 12.8 Å². The van der Waals surface area contributed by atoms with Gasteiger partial charge in [0.2, 0.25) is 10.0 Å². The Labute approximate surface area is 151 Å². The van der Waals surface area contributed by atoms with Crippen LogP contribution in [0.3, 0.4) is 0 Å². The summed E-state index contributed by atoms with van der Waals surface area (Å²) < 4.78 is 27.0. The lowest BCUT2D eigenvalue weighted by molar-refractivity contribution is 0.0953. The summed E-state index contributed by atoms with van der Waals surface area (Å²) >= 11 is 0. The van der Waals surface area contributed by atoms with E-state index in [1.54, 1.807) is 28.6 Å². The molecule has 2 rings (SSSR count). The third-order valence-electron chi connectivity index (χ3n) is 4.64. The van der Waals surface area contributed by atoms with Gasteiger partial charge in [-0.25, -0.2) is 8.42 Å². The predicted octanol–water partition coefficient (Wildman–Crippen LogP) is 3.56. The Morgan fingerprint density at radius 3 is 2.24 bits per heavy atom. The quantitative estimate of drug-likeness (QED) is 0.715. The zero-order valence-electron chi connectivity index (χ0n) is 15.2. The van der Waals surface area contributed by atoms with E-state index < -0.39 is 10.0 Å². The number of sulfonamides is 1. The lowest BCUT2D eigenvalue weighted by Gasteiger charge is -2.20. The summed E-state index contributed by atoms with van der Waals surface area (Å²) in [5.41, 5.74) is 0.505. The maximum absolute atomic E-state index is 12.7. The van der Waals surface area contributed by atoms with Crippen LogP contribution in [-0.4, -0.2) is 38.3 Å². The van der Waals surface area contributed by atoms with Crippen molar-refractivity contribution in [2.75, 3.05) is 19.6 Å². The third-order valence-corrected chi connectivity index (χ3v) is 6.55. The monoisotopic (exact) mass is 366 g/mol. The van der Waals surface area contributed by atoms with Crippen LogP contribution < -0.4 is 5.32 Å². The summed E-state index contributed by atoms with van der Waals surface area (Å²) in [6, 6.07) is 6.30. The lowest BCUT2D eigenvalue weighted by atomic mass is 10.2. The molecule has 0 saturated carbocycles. The predicted molar refractivity (Wildman–Crippen MR) is 100 cm³/mol. The number of hydrogen-bond acceptors (Lipinski definition) is 3. The highest BCUT2D eigenvalue weighted by atomic mass is 32.2.